The first kappa shape index (κ1) is 93.0. The molecule has 0 amide bonds. The lowest BCUT2D eigenvalue weighted by Gasteiger charge is -2.38. The number of carbonyl (C=O) groups is 5. The summed E-state index contributed by atoms with van der Waals surface area (Å²) in [6, 6.07) is 97.0. The molecule has 20 nitrogen and oxygen atoms in total. The molecule has 130 heavy (non-hydrogen) atoms. The zero-order valence-electron chi connectivity index (χ0n) is 69.1. The number of nitrogens with one attached hydrogen (secondary N) is 1. The van der Waals surface area contributed by atoms with E-state index < -0.39 is 79.5 Å². The third-order valence-corrected chi connectivity index (χ3v) is 22.6. The van der Waals surface area contributed by atoms with E-state index in [1.807, 2.05) is 231 Å². The highest BCUT2D eigenvalue weighted by Crippen LogP contribution is 2.47. The maximum Gasteiger partial charge on any atom is 0.573 e. The fourth-order valence-electron chi connectivity index (χ4n) is 13.8. The largest absolute Gasteiger partial charge is 0.573 e. The molecule has 32 heteroatoms. The maximum absolute atomic E-state index is 14.2. The van der Waals surface area contributed by atoms with Crippen LogP contribution in [0.25, 0.3) is 33.4 Å². The highest BCUT2D eigenvalue weighted by Gasteiger charge is 2.45. The number of imidazole rings is 2. The van der Waals surface area contributed by atoms with Gasteiger partial charge < -0.3 is 47.4 Å². The number of hydrogen-bond donors (Lipinski definition) is 2. The van der Waals surface area contributed by atoms with Gasteiger partial charge in [-0.3, -0.25) is 9.59 Å². The third kappa shape index (κ3) is 23.2. The average Bonchev–Trinajstić information content (AvgIpc) is 1.46. The third-order valence-electron chi connectivity index (χ3n) is 19.6. The molecule has 662 valence electrons. The summed E-state index contributed by atoms with van der Waals surface area (Å²) in [4.78, 5) is 74.7. The van der Waals surface area contributed by atoms with Crippen molar-refractivity contribution in [3.05, 3.63) is 391 Å². The lowest BCUT2D eigenvalue weighted by molar-refractivity contribution is -0.275. The summed E-state index contributed by atoms with van der Waals surface area (Å²) in [6.07, 6.45) is -11.1. The van der Waals surface area contributed by atoms with Gasteiger partial charge in [0.1, 0.15) is 38.4 Å². The van der Waals surface area contributed by atoms with Gasteiger partial charge in [-0.15, -0.1) is 49.7 Å². The van der Waals surface area contributed by atoms with E-state index in [-0.39, 0.29) is 45.3 Å². The first-order chi connectivity index (χ1) is 62.4. The van der Waals surface area contributed by atoms with E-state index in [2.05, 4.69) is 34.6 Å². The van der Waals surface area contributed by atoms with Gasteiger partial charge in [-0.2, -0.15) is 5.21 Å². The fourth-order valence-corrected chi connectivity index (χ4v) is 16.4. The minimum atomic E-state index is -4.78. The Morgan fingerprint density at radius 3 is 0.854 bits per heavy atom. The minimum absolute atomic E-state index is 0.0286. The smallest absolute Gasteiger partial charge is 0.476 e. The summed E-state index contributed by atoms with van der Waals surface area (Å²) in [7, 11) is 0. The molecular formula is C98H76F9N7O13S3. The second-order valence-electron chi connectivity index (χ2n) is 28.9. The van der Waals surface area contributed by atoms with Crippen molar-refractivity contribution in [3.63, 3.8) is 0 Å². The lowest BCUT2D eigenvalue weighted by Crippen LogP contribution is -2.39. The number of aromatic nitrogens is 7. The van der Waals surface area contributed by atoms with E-state index in [1.54, 1.807) is 98.0 Å². The molecule has 0 spiro atoms. The highest BCUT2D eigenvalue weighted by atomic mass is 32.2. The van der Waals surface area contributed by atoms with Crippen LogP contribution in [0.4, 0.5) is 39.5 Å². The molecule has 0 bridgehead atoms. The van der Waals surface area contributed by atoms with E-state index in [1.165, 1.54) is 72.1 Å². The topological polar surface area (TPSA) is 247 Å². The zero-order chi connectivity index (χ0) is 92.2. The van der Waals surface area contributed by atoms with E-state index >= 15 is 0 Å². The summed E-state index contributed by atoms with van der Waals surface area (Å²) in [5.41, 5.74) is 7.54. The van der Waals surface area contributed by atoms with Crippen molar-refractivity contribution in [3.8, 4) is 50.6 Å². The van der Waals surface area contributed by atoms with E-state index in [0.29, 0.717) is 26.7 Å². The van der Waals surface area contributed by atoms with Crippen LogP contribution in [0.5, 0.6) is 17.2 Å². The van der Waals surface area contributed by atoms with Gasteiger partial charge in [0.25, 0.3) is 0 Å². The second-order valence-corrected chi connectivity index (χ2v) is 32.1. The predicted octanol–water partition coefficient (Wildman–Crippen LogP) is 23.7. The molecule has 15 rings (SSSR count). The number of aromatic carboxylic acids is 1. The molecule has 15 aromatic rings. The van der Waals surface area contributed by atoms with Gasteiger partial charge in [-0.05, 0) is 140 Å². The Morgan fingerprint density at radius 1 is 0.331 bits per heavy atom. The summed E-state index contributed by atoms with van der Waals surface area (Å²) in [5.74, 6) is -5.36. The second kappa shape index (κ2) is 41.9. The molecule has 0 aliphatic rings. The molecule has 0 aliphatic heterocycles. The number of ether oxygens (including phenoxy) is 7. The molecule has 0 atom stereocenters. The van der Waals surface area contributed by atoms with Gasteiger partial charge in [0, 0.05) is 14.7 Å². The predicted molar refractivity (Wildman–Crippen MR) is 467 cm³/mol. The Bertz CT molecular complexity index is 6100. The molecule has 0 saturated heterocycles. The van der Waals surface area contributed by atoms with Crippen molar-refractivity contribution in [2.24, 2.45) is 11.8 Å². The van der Waals surface area contributed by atoms with E-state index in [0.717, 1.165) is 76.5 Å². The summed E-state index contributed by atoms with van der Waals surface area (Å²) in [5, 5.41) is 21.6. The van der Waals surface area contributed by atoms with Crippen molar-refractivity contribution < 1.29 is 102 Å². The Labute approximate surface area is 751 Å². The van der Waals surface area contributed by atoms with Gasteiger partial charge in [0.2, 0.25) is 19.3 Å². The average molecular weight is 1830 g/mol. The number of esters is 4. The number of carbonyl (C=O) groups excluding carboxylic acids is 4. The number of aromatic amines is 1. The number of alkyl halides is 9. The number of nitrogens with zero attached hydrogens (tertiary/aromatic N) is 6. The first-order valence-electron chi connectivity index (χ1n) is 39.7. The summed E-state index contributed by atoms with van der Waals surface area (Å²) in [6.45, 7) is 5.56. The van der Waals surface area contributed by atoms with Crippen LogP contribution in [0.1, 0.15) is 92.5 Å². The number of H-pyrrole nitrogens is 1. The van der Waals surface area contributed by atoms with Crippen molar-refractivity contribution in [1.82, 2.24) is 34.5 Å². The Balaban J connectivity index is 0.000000170. The van der Waals surface area contributed by atoms with Gasteiger partial charge in [-0.1, -0.05) is 318 Å². The fraction of sp³-hybridized carbons (Fsp3) is 0.133. The van der Waals surface area contributed by atoms with Crippen LogP contribution in [-0.4, -0.2) is 102 Å². The number of rotatable bonds is 29. The van der Waals surface area contributed by atoms with Gasteiger partial charge >= 0.3 is 48.9 Å². The van der Waals surface area contributed by atoms with Crippen LogP contribution in [-0.2, 0) is 39.6 Å². The number of carboxylic acids is 1. The standard InChI is InChI=1S/C41H33F3N2O5S.C36H25F3N2O3S.C21H18F3N3O5S/c1-28(2)38(47)49-27-50-39(48)36-37(52-35-24-20-30(21-25-35)29-18-22-34(23-19-29)51-41(42,43)44)45-26-46(36)40(31-12-6-3-7-13-31,32-14-8-4-9-15-32)33-16-10-5-11-17-33;37-36(38,39)44-30-20-16-25(17-21-30)26-18-22-31(23-19-26)45-33-32(34(42)43)41(24-40-33)35(27-10-4-1-5-11-27,28-12-6-2-7-13-28)29-14-8-3-9-15-29;1-12(2)19(28)30-11-31-20(29)17-18(26-27-25-17)33-16-9-5-14(6-10-16)13-3-7-15(8-4-13)32-21(22,23)24/h3-26,28H,27H2,1-2H3;1-24H,(H,42,43);3-10,12H,11H2,1-2H3,(H,25,26,27). The van der Waals surface area contributed by atoms with E-state index in [9.17, 15) is 68.6 Å². The van der Waals surface area contributed by atoms with Gasteiger partial charge in [-0.25, -0.2) is 24.4 Å². The number of benzene rings is 12. The van der Waals surface area contributed by atoms with Crippen LogP contribution in [0.2, 0.25) is 0 Å². The zero-order valence-corrected chi connectivity index (χ0v) is 71.5. The normalized spacial score (nSPS) is 11.6. The number of hydrogen-bond acceptors (Lipinski definition) is 19. The molecule has 3 heterocycles. The highest BCUT2D eigenvalue weighted by molar-refractivity contribution is 7.99. The van der Waals surface area contributed by atoms with Gasteiger partial charge in [0.05, 0.1) is 24.5 Å². The molecule has 2 N–H and O–H groups in total. The molecule has 12 aromatic carbocycles. The van der Waals surface area contributed by atoms with Crippen LogP contribution in [0.15, 0.2) is 370 Å². The molecule has 0 aliphatic carbocycles. The lowest BCUT2D eigenvalue weighted by atomic mass is 9.76. The summed E-state index contributed by atoms with van der Waals surface area (Å²) >= 11 is 3.60. The van der Waals surface area contributed by atoms with Crippen LogP contribution >= 0.6 is 35.3 Å². The monoisotopic (exact) mass is 1830 g/mol. The first-order valence-corrected chi connectivity index (χ1v) is 42.1. The SMILES string of the molecule is CC(C)C(=O)OCOC(=O)c1c(Sc2ccc(-c3ccc(OC(F)(F)F)cc3)cc2)ncn1C(c1ccccc1)(c1ccccc1)c1ccccc1.CC(C)C(=O)OCOC(=O)c1n[nH]nc1Sc1ccc(-c2ccc(OC(F)(F)F)cc2)cc1.O=C(O)c1c(Sc2ccc(-c3ccc(OC(F)(F)F)cc3)cc2)ncn1C(c1ccccc1)(c1ccccc1)c1ccccc1. The maximum atomic E-state index is 14.2. The Kier molecular flexibility index (Phi) is 30.0. The summed E-state index contributed by atoms with van der Waals surface area (Å²) < 4.78 is 148. The molecule has 0 radical (unpaired) electrons. The quantitative estimate of drug-likeness (QED) is 0.0191. The Hall–Kier alpha value is -14.6. The molecule has 0 fully saturated rings. The van der Waals surface area contributed by atoms with E-state index in [4.69, 9.17) is 23.9 Å². The van der Waals surface area contributed by atoms with Crippen molar-refractivity contribution in [2.75, 3.05) is 13.6 Å². The number of carboxylic acid groups (broad SMARTS) is 1. The Morgan fingerprint density at radius 2 is 0.585 bits per heavy atom. The molecule has 3 aromatic heterocycles. The number of halogens is 9. The molecule has 0 unspecified atom stereocenters. The molecule has 0 saturated carbocycles. The van der Waals surface area contributed by atoms with Crippen LogP contribution in [0, 0.1) is 11.8 Å². The van der Waals surface area contributed by atoms with Crippen molar-refractivity contribution in [1.29, 1.82) is 0 Å². The van der Waals surface area contributed by atoms with Gasteiger partial charge in [0.15, 0.2) is 16.4 Å². The molecular weight excluding hydrogens is 1750 g/mol. The van der Waals surface area contributed by atoms with Crippen molar-refractivity contribution in [2.45, 2.75) is 87.6 Å². The minimum Gasteiger partial charge on any atom is -0.476 e. The van der Waals surface area contributed by atoms with Crippen molar-refractivity contribution >= 4 is 65.1 Å². The van der Waals surface area contributed by atoms with Crippen LogP contribution in [0.3, 0.4) is 0 Å². The van der Waals surface area contributed by atoms with Crippen LogP contribution < -0.4 is 14.2 Å².